The van der Waals surface area contributed by atoms with Crippen LogP contribution in [-0.4, -0.2) is 10.1 Å². The first-order valence-corrected chi connectivity index (χ1v) is 3.45. The van der Waals surface area contributed by atoms with E-state index < -0.39 is 17.4 Å². The van der Waals surface area contributed by atoms with Crippen molar-refractivity contribution in [3.8, 4) is 0 Å². The van der Waals surface area contributed by atoms with Crippen LogP contribution in [0, 0.1) is 11.8 Å². The van der Waals surface area contributed by atoms with E-state index in [0.717, 1.165) is 12.3 Å². The summed E-state index contributed by atoms with van der Waals surface area (Å²) in [6, 6.07) is 0.884. The molecule has 0 unspecified atom stereocenters. The van der Waals surface area contributed by atoms with Crippen LogP contribution in [0.2, 0.25) is 0 Å². The van der Waals surface area contributed by atoms with Gasteiger partial charge in [-0.1, -0.05) is 0 Å². The normalized spacial score (nSPS) is 11.8. The Labute approximate surface area is 68.9 Å². The first-order chi connectivity index (χ1) is 5.41. The highest BCUT2D eigenvalue weighted by Gasteiger charge is 2.21. The second-order valence-electron chi connectivity index (χ2n) is 3.05. The predicted octanol–water partition coefficient (Wildman–Crippen LogP) is 1.59. The third kappa shape index (κ3) is 1.76. The number of hydrogen-bond donors (Lipinski definition) is 1. The van der Waals surface area contributed by atoms with E-state index in [2.05, 4.69) is 4.98 Å². The van der Waals surface area contributed by atoms with E-state index in [0.29, 0.717) is 0 Å². The van der Waals surface area contributed by atoms with Gasteiger partial charge in [-0.15, -0.1) is 0 Å². The van der Waals surface area contributed by atoms with Crippen molar-refractivity contribution in [1.29, 1.82) is 0 Å². The van der Waals surface area contributed by atoms with Gasteiger partial charge in [-0.05, 0) is 13.8 Å². The lowest BCUT2D eigenvalue weighted by atomic mass is 9.99. The summed E-state index contributed by atoms with van der Waals surface area (Å²) in [4.78, 5) is 3.10. The van der Waals surface area contributed by atoms with Crippen LogP contribution in [0.4, 0.5) is 8.78 Å². The van der Waals surface area contributed by atoms with Crippen LogP contribution in [0.15, 0.2) is 12.3 Å². The van der Waals surface area contributed by atoms with Gasteiger partial charge in [0.2, 0.25) is 5.95 Å². The molecule has 1 rings (SSSR count). The molecule has 1 aromatic heterocycles. The fourth-order valence-corrected chi connectivity index (χ4v) is 0.882. The standard InChI is InChI=1S/C8H9F2NO/c1-8(2,12)5-3-7(10)11-4-6(5)9/h3-4,12H,1-2H3. The topological polar surface area (TPSA) is 33.1 Å². The number of pyridine rings is 1. The molecular weight excluding hydrogens is 164 g/mol. The van der Waals surface area contributed by atoms with Crippen LogP contribution >= 0.6 is 0 Å². The number of aromatic nitrogens is 1. The molecule has 0 aromatic carbocycles. The number of halogens is 2. The van der Waals surface area contributed by atoms with Gasteiger partial charge in [0.15, 0.2) is 0 Å². The average molecular weight is 173 g/mol. The predicted molar refractivity (Wildman–Crippen MR) is 39.4 cm³/mol. The second-order valence-corrected chi connectivity index (χ2v) is 3.05. The summed E-state index contributed by atoms with van der Waals surface area (Å²) in [5.74, 6) is -1.50. The molecule has 12 heavy (non-hydrogen) atoms. The van der Waals surface area contributed by atoms with Crippen LogP contribution in [0.1, 0.15) is 19.4 Å². The first-order valence-electron chi connectivity index (χ1n) is 3.45. The van der Waals surface area contributed by atoms with Crippen molar-refractivity contribution in [3.05, 3.63) is 29.6 Å². The van der Waals surface area contributed by atoms with Crippen molar-refractivity contribution in [1.82, 2.24) is 4.98 Å². The lowest BCUT2D eigenvalue weighted by Crippen LogP contribution is -2.18. The van der Waals surface area contributed by atoms with Gasteiger partial charge in [-0.3, -0.25) is 0 Å². The fraction of sp³-hybridized carbons (Fsp3) is 0.375. The van der Waals surface area contributed by atoms with Gasteiger partial charge in [0.25, 0.3) is 0 Å². The fourth-order valence-electron chi connectivity index (χ4n) is 0.882. The highest BCUT2D eigenvalue weighted by molar-refractivity contribution is 5.19. The largest absolute Gasteiger partial charge is 0.386 e. The minimum Gasteiger partial charge on any atom is -0.386 e. The van der Waals surface area contributed by atoms with Crippen LogP contribution in [0.3, 0.4) is 0 Å². The lowest BCUT2D eigenvalue weighted by Gasteiger charge is -2.17. The summed E-state index contributed by atoms with van der Waals surface area (Å²) >= 11 is 0. The number of aliphatic hydroxyl groups is 1. The molecule has 0 spiro atoms. The highest BCUT2D eigenvalue weighted by atomic mass is 19.1. The quantitative estimate of drug-likeness (QED) is 0.654. The van der Waals surface area contributed by atoms with E-state index in [1.165, 1.54) is 13.8 Å². The molecule has 2 nitrogen and oxygen atoms in total. The van der Waals surface area contributed by atoms with Crippen LogP contribution in [-0.2, 0) is 5.60 Å². The lowest BCUT2D eigenvalue weighted by molar-refractivity contribution is 0.0738. The molecule has 4 heteroatoms. The summed E-state index contributed by atoms with van der Waals surface area (Å²) in [6.07, 6.45) is 0.753. The van der Waals surface area contributed by atoms with E-state index in [4.69, 9.17) is 0 Å². The molecule has 0 saturated carbocycles. The number of hydrogen-bond acceptors (Lipinski definition) is 2. The number of nitrogens with zero attached hydrogens (tertiary/aromatic N) is 1. The highest BCUT2D eigenvalue weighted by Crippen LogP contribution is 2.22. The van der Waals surface area contributed by atoms with E-state index in [1.807, 2.05) is 0 Å². The van der Waals surface area contributed by atoms with Crippen molar-refractivity contribution in [2.45, 2.75) is 19.4 Å². The molecule has 0 fully saturated rings. The van der Waals surface area contributed by atoms with Crippen LogP contribution < -0.4 is 0 Å². The minimum atomic E-state index is -1.38. The van der Waals surface area contributed by atoms with Crippen LogP contribution in [0.25, 0.3) is 0 Å². The average Bonchev–Trinajstić information content (AvgIpc) is 1.92. The summed E-state index contributed by atoms with van der Waals surface area (Å²) in [5.41, 5.74) is -1.47. The van der Waals surface area contributed by atoms with Gasteiger partial charge in [0, 0.05) is 11.6 Å². The van der Waals surface area contributed by atoms with Gasteiger partial charge < -0.3 is 5.11 Å². The minimum absolute atomic E-state index is 0.0880. The summed E-state index contributed by atoms with van der Waals surface area (Å²) < 4.78 is 25.4. The molecule has 0 aliphatic rings. The molecule has 0 saturated heterocycles. The molecule has 0 bridgehead atoms. The molecule has 0 aliphatic heterocycles. The molecule has 66 valence electrons. The van der Waals surface area contributed by atoms with E-state index in [1.54, 1.807) is 0 Å². The van der Waals surface area contributed by atoms with E-state index in [9.17, 15) is 13.9 Å². The van der Waals surface area contributed by atoms with Crippen LogP contribution in [0.5, 0.6) is 0 Å². The molecule has 1 heterocycles. The number of rotatable bonds is 1. The summed E-state index contributed by atoms with van der Waals surface area (Å²) in [7, 11) is 0. The Morgan fingerprint density at radius 1 is 1.42 bits per heavy atom. The molecule has 0 radical (unpaired) electrons. The van der Waals surface area contributed by atoms with Gasteiger partial charge in [0.1, 0.15) is 5.82 Å². The Morgan fingerprint density at radius 3 is 2.42 bits per heavy atom. The summed E-state index contributed by atoms with van der Waals surface area (Å²) in [5, 5.41) is 9.36. The third-order valence-corrected chi connectivity index (χ3v) is 1.48. The zero-order valence-electron chi connectivity index (χ0n) is 6.81. The molecule has 0 atom stereocenters. The molecule has 0 amide bonds. The second kappa shape index (κ2) is 2.79. The van der Waals surface area contributed by atoms with Gasteiger partial charge in [-0.2, -0.15) is 4.39 Å². The van der Waals surface area contributed by atoms with Crippen molar-refractivity contribution in [2.75, 3.05) is 0 Å². The van der Waals surface area contributed by atoms with E-state index in [-0.39, 0.29) is 5.56 Å². The van der Waals surface area contributed by atoms with Gasteiger partial charge in [0.05, 0.1) is 11.8 Å². The molecule has 1 N–H and O–H groups in total. The molecule has 1 aromatic rings. The van der Waals surface area contributed by atoms with Crippen molar-refractivity contribution in [3.63, 3.8) is 0 Å². The maximum absolute atomic E-state index is 12.9. The SMILES string of the molecule is CC(C)(O)c1cc(F)ncc1F. The Bertz CT molecular complexity index is 294. The van der Waals surface area contributed by atoms with Gasteiger partial charge in [-0.25, -0.2) is 9.37 Å². The first kappa shape index (κ1) is 9.06. The van der Waals surface area contributed by atoms with Crippen molar-refractivity contribution in [2.24, 2.45) is 0 Å². The van der Waals surface area contributed by atoms with Crippen molar-refractivity contribution < 1.29 is 13.9 Å². The molecule has 0 aliphatic carbocycles. The smallest absolute Gasteiger partial charge is 0.213 e. The Hall–Kier alpha value is -1.03. The van der Waals surface area contributed by atoms with Gasteiger partial charge >= 0.3 is 0 Å². The Morgan fingerprint density at radius 2 is 2.00 bits per heavy atom. The zero-order valence-corrected chi connectivity index (χ0v) is 6.81. The molecular formula is C8H9F2NO. The maximum atomic E-state index is 12.9. The van der Waals surface area contributed by atoms with E-state index >= 15 is 0 Å². The summed E-state index contributed by atoms with van der Waals surface area (Å²) in [6.45, 7) is 2.76. The zero-order chi connectivity index (χ0) is 9.35. The third-order valence-electron chi connectivity index (χ3n) is 1.48. The van der Waals surface area contributed by atoms with Crippen molar-refractivity contribution >= 4 is 0 Å². The monoisotopic (exact) mass is 173 g/mol. The Balaban J connectivity index is 3.23. The maximum Gasteiger partial charge on any atom is 0.213 e. The Kier molecular flexibility index (Phi) is 2.10.